The minimum absolute atomic E-state index is 0.0160. The number of unbranched alkanes of at least 4 members (excludes halogenated alkanes) is 1. The topological polar surface area (TPSA) is 96.0 Å². The first-order valence-corrected chi connectivity index (χ1v) is 11.6. The maximum atomic E-state index is 13.3. The molecule has 0 aromatic heterocycles. The van der Waals surface area contributed by atoms with E-state index in [-0.39, 0.29) is 36.0 Å². The first-order chi connectivity index (χ1) is 15.2. The molecule has 3 aliphatic rings. The van der Waals surface area contributed by atoms with E-state index >= 15 is 0 Å². The summed E-state index contributed by atoms with van der Waals surface area (Å²) in [5.74, 6) is -0.857. The molecule has 2 saturated carbocycles. The van der Waals surface area contributed by atoms with Gasteiger partial charge in [-0.3, -0.25) is 19.2 Å². The summed E-state index contributed by atoms with van der Waals surface area (Å²) in [7, 11) is 1.32. The van der Waals surface area contributed by atoms with Crippen LogP contribution in [0.25, 0.3) is 0 Å². The summed E-state index contributed by atoms with van der Waals surface area (Å²) in [6.07, 6.45) is 11.5. The van der Waals surface area contributed by atoms with Crippen molar-refractivity contribution in [2.75, 3.05) is 7.11 Å². The van der Waals surface area contributed by atoms with E-state index in [9.17, 15) is 19.2 Å². The third-order valence-electron chi connectivity index (χ3n) is 7.46. The summed E-state index contributed by atoms with van der Waals surface area (Å²) in [5, 5.41) is 0. The van der Waals surface area contributed by atoms with Gasteiger partial charge in [-0.2, -0.15) is 0 Å². The van der Waals surface area contributed by atoms with Crippen molar-refractivity contribution in [1.82, 2.24) is 0 Å². The standard InChI is InChI=1S/C25H34O7/c1-5-6-7-19-20(10-8-18(31-16(2)26)9-11-23(29)30-4)25-21(19)12-14-24(25,32-17(3)27)15-13-22(25)28/h8,10,13,15,18-21H,5-7,9,11-12,14H2,1-4H3. The second-order valence-corrected chi connectivity index (χ2v) is 9.17. The van der Waals surface area contributed by atoms with Crippen LogP contribution in [-0.4, -0.2) is 42.5 Å². The Morgan fingerprint density at radius 1 is 1.25 bits per heavy atom. The lowest BCUT2D eigenvalue weighted by Crippen LogP contribution is -2.65. The second kappa shape index (κ2) is 9.59. The Morgan fingerprint density at radius 3 is 2.62 bits per heavy atom. The predicted molar refractivity (Wildman–Crippen MR) is 116 cm³/mol. The van der Waals surface area contributed by atoms with Gasteiger partial charge >= 0.3 is 17.9 Å². The third kappa shape index (κ3) is 4.02. The Bertz CT molecular complexity index is 828. The van der Waals surface area contributed by atoms with Crippen molar-refractivity contribution in [3.63, 3.8) is 0 Å². The fraction of sp³-hybridized carbons (Fsp3) is 0.680. The Morgan fingerprint density at radius 2 is 2.00 bits per heavy atom. The molecule has 0 bridgehead atoms. The third-order valence-corrected chi connectivity index (χ3v) is 7.46. The molecule has 7 nitrogen and oxygen atoms in total. The monoisotopic (exact) mass is 446 g/mol. The fourth-order valence-electron chi connectivity index (χ4n) is 6.35. The molecule has 1 spiro atoms. The van der Waals surface area contributed by atoms with Crippen LogP contribution < -0.4 is 0 Å². The van der Waals surface area contributed by atoms with E-state index in [0.717, 1.165) is 25.7 Å². The van der Waals surface area contributed by atoms with E-state index < -0.39 is 23.1 Å². The number of esters is 3. The molecule has 7 heteroatoms. The molecule has 0 heterocycles. The number of ether oxygens (including phenoxy) is 3. The van der Waals surface area contributed by atoms with E-state index in [1.54, 1.807) is 18.2 Å². The zero-order valence-corrected chi connectivity index (χ0v) is 19.4. The number of hydrogen-bond acceptors (Lipinski definition) is 7. The Balaban J connectivity index is 1.91. The Hall–Kier alpha value is -2.44. The van der Waals surface area contributed by atoms with Gasteiger partial charge in [-0.25, -0.2) is 0 Å². The van der Waals surface area contributed by atoms with E-state index in [1.165, 1.54) is 21.0 Å². The minimum atomic E-state index is -0.902. The number of carbonyl (C=O) groups excluding carboxylic acids is 4. The van der Waals surface area contributed by atoms with Crippen molar-refractivity contribution in [3.8, 4) is 0 Å². The zero-order valence-electron chi connectivity index (χ0n) is 19.4. The van der Waals surface area contributed by atoms with Crippen molar-refractivity contribution in [2.24, 2.45) is 23.2 Å². The Labute approximate surface area is 189 Å². The fourth-order valence-corrected chi connectivity index (χ4v) is 6.35. The molecule has 176 valence electrons. The summed E-state index contributed by atoms with van der Waals surface area (Å²) >= 11 is 0. The number of carbonyl (C=O) groups is 4. The van der Waals surface area contributed by atoms with Crippen molar-refractivity contribution < 1.29 is 33.4 Å². The number of methoxy groups -OCH3 is 1. The van der Waals surface area contributed by atoms with Crippen LogP contribution in [0.5, 0.6) is 0 Å². The molecule has 6 unspecified atom stereocenters. The summed E-state index contributed by atoms with van der Waals surface area (Å²) in [4.78, 5) is 48.4. The normalized spacial score (nSPS) is 33.4. The highest BCUT2D eigenvalue weighted by Gasteiger charge is 2.78. The molecule has 6 atom stereocenters. The molecule has 2 fully saturated rings. The van der Waals surface area contributed by atoms with Crippen molar-refractivity contribution in [3.05, 3.63) is 24.3 Å². The van der Waals surface area contributed by atoms with Crippen LogP contribution in [0.3, 0.4) is 0 Å². The first-order valence-electron chi connectivity index (χ1n) is 11.6. The molecule has 0 saturated heterocycles. The van der Waals surface area contributed by atoms with Crippen LogP contribution in [-0.2, 0) is 33.4 Å². The van der Waals surface area contributed by atoms with Gasteiger partial charge in [-0.05, 0) is 61.7 Å². The van der Waals surface area contributed by atoms with Crippen molar-refractivity contribution in [2.45, 2.75) is 77.4 Å². The average molecular weight is 447 g/mol. The van der Waals surface area contributed by atoms with Crippen molar-refractivity contribution >= 4 is 23.7 Å². The summed E-state index contributed by atoms with van der Waals surface area (Å²) in [6.45, 7) is 4.85. The summed E-state index contributed by atoms with van der Waals surface area (Å²) < 4.78 is 15.9. The molecule has 0 aromatic rings. The maximum absolute atomic E-state index is 13.3. The largest absolute Gasteiger partial charge is 0.469 e. The summed E-state index contributed by atoms with van der Waals surface area (Å²) in [5.41, 5.74) is -1.68. The highest BCUT2D eigenvalue weighted by molar-refractivity contribution is 6.02. The lowest BCUT2D eigenvalue weighted by Gasteiger charge is -2.59. The molecule has 32 heavy (non-hydrogen) atoms. The van der Waals surface area contributed by atoms with E-state index in [1.807, 2.05) is 6.08 Å². The van der Waals surface area contributed by atoms with Crippen LogP contribution in [0.4, 0.5) is 0 Å². The predicted octanol–water partition coefficient (Wildman–Crippen LogP) is 3.70. The SMILES string of the molecule is CCCCC1C(C=CC(CCC(=O)OC)OC(C)=O)C23C(=O)C=CC2(OC(C)=O)CCC13. The molecule has 3 aliphatic carbocycles. The Kier molecular flexibility index (Phi) is 7.25. The van der Waals surface area contributed by atoms with Gasteiger partial charge in [0.05, 0.1) is 12.5 Å². The van der Waals surface area contributed by atoms with Crippen LogP contribution in [0.1, 0.15) is 65.7 Å². The highest BCUT2D eigenvalue weighted by Crippen LogP contribution is 2.73. The van der Waals surface area contributed by atoms with Crippen molar-refractivity contribution in [1.29, 1.82) is 0 Å². The zero-order chi connectivity index (χ0) is 23.5. The number of ketones is 1. The lowest BCUT2D eigenvalue weighted by atomic mass is 9.43. The van der Waals surface area contributed by atoms with Crippen LogP contribution in [0.2, 0.25) is 0 Å². The van der Waals surface area contributed by atoms with Gasteiger partial charge in [0.15, 0.2) is 5.78 Å². The smallest absolute Gasteiger partial charge is 0.305 e. The van der Waals surface area contributed by atoms with E-state index in [4.69, 9.17) is 14.2 Å². The second-order valence-electron chi connectivity index (χ2n) is 9.17. The molecule has 3 rings (SSSR count). The molecule has 0 amide bonds. The number of rotatable bonds is 10. The molecular formula is C25H34O7. The van der Waals surface area contributed by atoms with Gasteiger partial charge in [0.1, 0.15) is 11.7 Å². The van der Waals surface area contributed by atoms with Gasteiger partial charge < -0.3 is 14.2 Å². The van der Waals surface area contributed by atoms with Crippen LogP contribution in [0, 0.1) is 23.2 Å². The maximum Gasteiger partial charge on any atom is 0.305 e. The van der Waals surface area contributed by atoms with Gasteiger partial charge in [0, 0.05) is 20.3 Å². The first kappa shape index (κ1) is 24.2. The molecule has 0 N–H and O–H groups in total. The highest BCUT2D eigenvalue weighted by atomic mass is 16.6. The van der Waals surface area contributed by atoms with E-state index in [0.29, 0.717) is 18.8 Å². The lowest BCUT2D eigenvalue weighted by molar-refractivity contribution is -0.193. The van der Waals surface area contributed by atoms with Gasteiger partial charge in [-0.1, -0.05) is 25.8 Å². The minimum Gasteiger partial charge on any atom is -0.469 e. The van der Waals surface area contributed by atoms with Crippen LogP contribution >= 0.6 is 0 Å². The van der Waals surface area contributed by atoms with Gasteiger partial charge in [0.25, 0.3) is 0 Å². The quantitative estimate of drug-likeness (QED) is 0.287. The molecule has 0 aromatic carbocycles. The summed E-state index contributed by atoms with van der Waals surface area (Å²) in [6, 6.07) is 0. The molecule has 0 aliphatic heterocycles. The average Bonchev–Trinajstić information content (AvgIpc) is 3.16. The molecular weight excluding hydrogens is 412 g/mol. The number of hydrogen-bond donors (Lipinski definition) is 0. The molecule has 0 radical (unpaired) electrons. The van der Waals surface area contributed by atoms with Gasteiger partial charge in [-0.15, -0.1) is 0 Å². The van der Waals surface area contributed by atoms with Crippen LogP contribution in [0.15, 0.2) is 24.3 Å². The number of allylic oxidation sites excluding steroid dienone is 2. The van der Waals surface area contributed by atoms with E-state index in [2.05, 4.69) is 6.92 Å². The van der Waals surface area contributed by atoms with Gasteiger partial charge in [0.2, 0.25) is 0 Å².